The molecule has 21 heavy (non-hydrogen) atoms. The number of fused-ring (bicyclic) bond motifs is 3. The van der Waals surface area contributed by atoms with Crippen LogP contribution in [0.15, 0.2) is 47.5 Å². The predicted octanol–water partition coefficient (Wildman–Crippen LogP) is 3.40. The van der Waals surface area contributed by atoms with Gasteiger partial charge in [0.15, 0.2) is 0 Å². The molecule has 104 valence electrons. The Bertz CT molecular complexity index is 748. The number of hydrogen-bond acceptors (Lipinski definition) is 3. The molecule has 1 aromatic heterocycles. The van der Waals surface area contributed by atoms with Crippen molar-refractivity contribution in [3.05, 3.63) is 65.0 Å². The number of ether oxygens (including phenoxy) is 1. The molecule has 2 heterocycles. The standard InChI is InChI=1S/C18H16N2O/c1-2-5-13-12(4-1)10-16-17(13)20-18(21-16)15-7-3-6-14(19-15)11-8-9-11/h1-7,11,16-17H,8-10H2. The van der Waals surface area contributed by atoms with Crippen LogP contribution in [0.2, 0.25) is 0 Å². The number of aromatic nitrogens is 1. The second-order valence-electron chi connectivity index (χ2n) is 6.16. The van der Waals surface area contributed by atoms with Crippen LogP contribution in [0.25, 0.3) is 0 Å². The van der Waals surface area contributed by atoms with Gasteiger partial charge in [-0.15, -0.1) is 0 Å². The molecule has 2 aliphatic carbocycles. The number of hydrogen-bond donors (Lipinski definition) is 0. The zero-order chi connectivity index (χ0) is 13.8. The van der Waals surface area contributed by atoms with Gasteiger partial charge < -0.3 is 4.74 Å². The minimum Gasteiger partial charge on any atom is -0.470 e. The Hall–Kier alpha value is -2.16. The van der Waals surface area contributed by atoms with E-state index in [1.807, 2.05) is 6.07 Å². The third kappa shape index (κ3) is 1.80. The van der Waals surface area contributed by atoms with Crippen molar-refractivity contribution in [3.8, 4) is 0 Å². The van der Waals surface area contributed by atoms with E-state index >= 15 is 0 Å². The lowest BCUT2D eigenvalue weighted by Gasteiger charge is -2.09. The summed E-state index contributed by atoms with van der Waals surface area (Å²) in [7, 11) is 0. The van der Waals surface area contributed by atoms with Gasteiger partial charge in [0.25, 0.3) is 0 Å². The van der Waals surface area contributed by atoms with Crippen molar-refractivity contribution in [3.63, 3.8) is 0 Å². The van der Waals surface area contributed by atoms with Crippen LogP contribution in [0.1, 0.15) is 47.3 Å². The first-order chi connectivity index (χ1) is 10.4. The third-order valence-electron chi connectivity index (χ3n) is 4.65. The first-order valence-electron chi connectivity index (χ1n) is 7.68. The molecule has 0 amide bonds. The Morgan fingerprint density at radius 2 is 1.90 bits per heavy atom. The number of rotatable bonds is 2. The van der Waals surface area contributed by atoms with Gasteiger partial charge in [-0.2, -0.15) is 0 Å². The molecule has 2 unspecified atom stereocenters. The van der Waals surface area contributed by atoms with Crippen molar-refractivity contribution < 1.29 is 4.74 Å². The van der Waals surface area contributed by atoms with Crippen LogP contribution < -0.4 is 0 Å². The molecule has 0 saturated heterocycles. The molecule has 1 saturated carbocycles. The normalized spacial score (nSPS) is 26.0. The number of aliphatic imine (C=N–C) groups is 1. The zero-order valence-corrected chi connectivity index (χ0v) is 11.7. The van der Waals surface area contributed by atoms with Crippen molar-refractivity contribution in [1.82, 2.24) is 4.98 Å². The fourth-order valence-corrected chi connectivity index (χ4v) is 3.40. The molecule has 1 aliphatic heterocycles. The maximum atomic E-state index is 6.10. The molecule has 0 radical (unpaired) electrons. The van der Waals surface area contributed by atoms with Gasteiger partial charge >= 0.3 is 0 Å². The summed E-state index contributed by atoms with van der Waals surface area (Å²) >= 11 is 0. The molecule has 3 nitrogen and oxygen atoms in total. The number of pyridine rings is 1. The summed E-state index contributed by atoms with van der Waals surface area (Å²) in [5, 5.41) is 0. The maximum absolute atomic E-state index is 6.10. The lowest BCUT2D eigenvalue weighted by atomic mass is 10.1. The van der Waals surface area contributed by atoms with Crippen LogP contribution in [-0.4, -0.2) is 17.0 Å². The van der Waals surface area contributed by atoms with Gasteiger partial charge in [0.05, 0.1) is 0 Å². The topological polar surface area (TPSA) is 34.5 Å². The molecule has 2 atom stereocenters. The van der Waals surface area contributed by atoms with E-state index in [1.165, 1.54) is 29.7 Å². The van der Waals surface area contributed by atoms with Crippen LogP contribution in [0.5, 0.6) is 0 Å². The monoisotopic (exact) mass is 276 g/mol. The fraction of sp³-hybridized carbons (Fsp3) is 0.333. The van der Waals surface area contributed by atoms with Crippen molar-refractivity contribution in [2.45, 2.75) is 37.3 Å². The third-order valence-corrected chi connectivity index (χ3v) is 4.65. The Balaban J connectivity index is 1.51. The smallest absolute Gasteiger partial charge is 0.236 e. The quantitative estimate of drug-likeness (QED) is 0.842. The van der Waals surface area contributed by atoms with Gasteiger partial charge in [0, 0.05) is 18.0 Å². The first-order valence-corrected chi connectivity index (χ1v) is 7.68. The van der Waals surface area contributed by atoms with Crippen LogP contribution >= 0.6 is 0 Å². The van der Waals surface area contributed by atoms with Crippen LogP contribution in [0.3, 0.4) is 0 Å². The summed E-state index contributed by atoms with van der Waals surface area (Å²) < 4.78 is 6.10. The summed E-state index contributed by atoms with van der Waals surface area (Å²) in [6.45, 7) is 0. The average Bonchev–Trinajstić information content (AvgIpc) is 3.20. The Labute approximate surface area is 123 Å². The highest BCUT2D eigenvalue weighted by atomic mass is 16.5. The average molecular weight is 276 g/mol. The minimum atomic E-state index is 0.155. The molecule has 2 aromatic rings. The maximum Gasteiger partial charge on any atom is 0.236 e. The van der Waals surface area contributed by atoms with Gasteiger partial charge in [-0.05, 0) is 36.1 Å². The lowest BCUT2D eigenvalue weighted by Crippen LogP contribution is -2.14. The van der Waals surface area contributed by atoms with Crippen molar-refractivity contribution in [2.75, 3.05) is 0 Å². The van der Waals surface area contributed by atoms with Crippen LogP contribution in [0, 0.1) is 0 Å². The summed E-state index contributed by atoms with van der Waals surface area (Å²) in [5.74, 6) is 1.38. The summed E-state index contributed by atoms with van der Waals surface area (Å²) in [6, 6.07) is 14.9. The Morgan fingerprint density at radius 3 is 2.81 bits per heavy atom. The highest BCUT2D eigenvalue weighted by molar-refractivity contribution is 5.94. The van der Waals surface area contributed by atoms with Gasteiger partial charge in [-0.1, -0.05) is 30.3 Å². The van der Waals surface area contributed by atoms with E-state index in [1.54, 1.807) is 0 Å². The van der Waals surface area contributed by atoms with Crippen molar-refractivity contribution in [1.29, 1.82) is 0 Å². The van der Waals surface area contributed by atoms with E-state index in [9.17, 15) is 0 Å². The van der Waals surface area contributed by atoms with E-state index in [0.29, 0.717) is 5.92 Å². The second-order valence-corrected chi connectivity index (χ2v) is 6.16. The van der Waals surface area contributed by atoms with Gasteiger partial charge in [0.2, 0.25) is 5.90 Å². The largest absolute Gasteiger partial charge is 0.470 e. The Morgan fingerprint density at radius 1 is 1.00 bits per heavy atom. The molecular weight excluding hydrogens is 260 g/mol. The molecular formula is C18H16N2O. The van der Waals surface area contributed by atoms with Crippen LogP contribution in [0.4, 0.5) is 0 Å². The molecule has 1 fully saturated rings. The van der Waals surface area contributed by atoms with E-state index in [-0.39, 0.29) is 12.1 Å². The number of nitrogens with zero attached hydrogens (tertiary/aromatic N) is 2. The first kappa shape index (κ1) is 11.5. The Kier molecular flexibility index (Phi) is 2.28. The van der Waals surface area contributed by atoms with Gasteiger partial charge in [-0.25, -0.2) is 9.98 Å². The van der Waals surface area contributed by atoms with E-state index < -0.39 is 0 Å². The zero-order valence-electron chi connectivity index (χ0n) is 11.7. The molecule has 3 aliphatic rings. The molecule has 0 bridgehead atoms. The highest BCUT2D eigenvalue weighted by Gasteiger charge is 2.39. The van der Waals surface area contributed by atoms with Crippen LogP contribution in [-0.2, 0) is 11.2 Å². The highest BCUT2D eigenvalue weighted by Crippen LogP contribution is 2.41. The fourth-order valence-electron chi connectivity index (χ4n) is 3.40. The van der Waals surface area contributed by atoms with E-state index in [4.69, 9.17) is 14.7 Å². The SMILES string of the molecule is c1cc(C2=NC3c4ccccc4CC3O2)nc(C2CC2)c1. The van der Waals surface area contributed by atoms with Gasteiger partial charge in [0.1, 0.15) is 17.8 Å². The van der Waals surface area contributed by atoms with E-state index in [2.05, 4.69) is 36.4 Å². The number of benzene rings is 1. The van der Waals surface area contributed by atoms with Crippen molar-refractivity contribution in [2.24, 2.45) is 4.99 Å². The summed E-state index contributed by atoms with van der Waals surface area (Å²) in [5.41, 5.74) is 4.77. The minimum absolute atomic E-state index is 0.155. The second kappa shape index (κ2) is 4.17. The van der Waals surface area contributed by atoms with E-state index in [0.717, 1.165) is 18.0 Å². The van der Waals surface area contributed by atoms with Gasteiger partial charge in [-0.3, -0.25) is 0 Å². The molecule has 0 spiro atoms. The molecule has 5 rings (SSSR count). The molecule has 1 aromatic carbocycles. The summed E-state index contributed by atoms with van der Waals surface area (Å²) in [4.78, 5) is 9.56. The van der Waals surface area contributed by atoms with Crippen molar-refractivity contribution >= 4 is 5.90 Å². The lowest BCUT2D eigenvalue weighted by molar-refractivity contribution is 0.206. The molecule has 0 N–H and O–H groups in total. The predicted molar refractivity (Wildman–Crippen MR) is 80.5 cm³/mol. The molecule has 3 heteroatoms. The summed E-state index contributed by atoms with van der Waals surface area (Å²) in [6.07, 6.45) is 3.64.